The van der Waals surface area contributed by atoms with Crippen LogP contribution in [0.1, 0.15) is 37.8 Å². The first kappa shape index (κ1) is 20.0. The molecule has 6 heteroatoms. The number of ether oxygens (including phenoxy) is 1. The average molecular weight is 397 g/mol. The third-order valence-electron chi connectivity index (χ3n) is 4.39. The lowest BCUT2D eigenvalue weighted by atomic mass is 10.1. The number of imide groups is 1. The van der Waals surface area contributed by atoms with Gasteiger partial charge in [0, 0.05) is 0 Å². The first-order valence-electron chi connectivity index (χ1n) is 9.36. The quantitative estimate of drug-likeness (QED) is 0.636. The number of rotatable bonds is 7. The molecule has 28 heavy (non-hydrogen) atoms. The molecular weight excluding hydrogens is 374 g/mol. The van der Waals surface area contributed by atoms with Gasteiger partial charge in [0.25, 0.3) is 11.1 Å². The van der Waals surface area contributed by atoms with Crippen LogP contribution in [-0.2, 0) is 11.2 Å². The Morgan fingerprint density at radius 2 is 1.86 bits per heavy atom. The zero-order valence-corrected chi connectivity index (χ0v) is 16.8. The molecule has 1 N–H and O–H groups in total. The SMILES string of the molecule is CCCCc1ccc(N2C(=O)S/C(=C\c3ccc(O)c(OCC)c3)C2=O)cc1. The summed E-state index contributed by atoms with van der Waals surface area (Å²) in [5, 5.41) is 9.49. The van der Waals surface area contributed by atoms with Gasteiger partial charge in [0.2, 0.25) is 0 Å². The Kier molecular flexibility index (Phi) is 6.41. The van der Waals surface area contributed by atoms with Crippen LogP contribution in [-0.4, -0.2) is 22.9 Å². The molecule has 3 rings (SSSR count). The number of aromatic hydroxyl groups is 1. The topological polar surface area (TPSA) is 66.8 Å². The third-order valence-corrected chi connectivity index (χ3v) is 5.26. The summed E-state index contributed by atoms with van der Waals surface area (Å²) in [5.41, 5.74) is 2.45. The molecule has 0 bridgehead atoms. The Bertz CT molecular complexity index is 905. The Balaban J connectivity index is 1.81. The van der Waals surface area contributed by atoms with E-state index in [-0.39, 0.29) is 16.9 Å². The summed E-state index contributed by atoms with van der Waals surface area (Å²) in [6, 6.07) is 12.4. The van der Waals surface area contributed by atoms with Gasteiger partial charge < -0.3 is 9.84 Å². The lowest BCUT2D eigenvalue weighted by Crippen LogP contribution is -2.27. The van der Waals surface area contributed by atoms with Crippen molar-refractivity contribution in [3.8, 4) is 11.5 Å². The van der Waals surface area contributed by atoms with Crippen LogP contribution in [0.25, 0.3) is 6.08 Å². The molecule has 1 aliphatic rings. The number of thioether (sulfide) groups is 1. The zero-order chi connectivity index (χ0) is 20.1. The molecular formula is C22H23NO4S. The Morgan fingerprint density at radius 1 is 1.11 bits per heavy atom. The predicted octanol–water partition coefficient (Wildman–Crippen LogP) is 5.37. The summed E-state index contributed by atoms with van der Waals surface area (Å²) in [6.45, 7) is 4.39. The largest absolute Gasteiger partial charge is 0.504 e. The minimum absolute atomic E-state index is 0.0373. The van der Waals surface area contributed by atoms with E-state index < -0.39 is 0 Å². The van der Waals surface area contributed by atoms with E-state index in [0.717, 1.165) is 31.0 Å². The lowest BCUT2D eigenvalue weighted by molar-refractivity contribution is -0.113. The highest BCUT2D eigenvalue weighted by atomic mass is 32.2. The van der Waals surface area contributed by atoms with Crippen molar-refractivity contribution >= 4 is 34.7 Å². The number of benzene rings is 2. The number of carbonyl (C=O) groups excluding carboxylic acids is 2. The van der Waals surface area contributed by atoms with Gasteiger partial charge in [-0.05, 0) is 73.0 Å². The molecule has 0 aromatic heterocycles. The van der Waals surface area contributed by atoms with Gasteiger partial charge >= 0.3 is 0 Å². The number of aryl methyl sites for hydroxylation is 1. The van der Waals surface area contributed by atoms with Crippen LogP contribution >= 0.6 is 11.8 Å². The molecule has 1 fully saturated rings. The molecule has 1 aliphatic heterocycles. The molecule has 0 spiro atoms. The molecule has 0 saturated carbocycles. The summed E-state index contributed by atoms with van der Waals surface area (Å²) in [7, 11) is 0. The fourth-order valence-corrected chi connectivity index (χ4v) is 3.77. The predicted molar refractivity (Wildman–Crippen MR) is 113 cm³/mol. The maximum atomic E-state index is 12.8. The number of hydrogen-bond acceptors (Lipinski definition) is 5. The van der Waals surface area contributed by atoms with Gasteiger partial charge in [0.05, 0.1) is 17.2 Å². The number of anilines is 1. The first-order valence-corrected chi connectivity index (χ1v) is 10.2. The second-order valence-corrected chi connectivity index (χ2v) is 7.44. The number of unbranched alkanes of at least 4 members (excludes halogenated alkanes) is 1. The Hall–Kier alpha value is -2.73. The standard InChI is InChI=1S/C22H23NO4S/c1-3-5-6-15-7-10-17(11-8-15)23-21(25)20(28-22(23)26)14-16-9-12-18(24)19(13-16)27-4-2/h7-14,24H,3-6H2,1-2H3/b20-14-. The third kappa shape index (κ3) is 4.39. The second-order valence-electron chi connectivity index (χ2n) is 6.45. The molecule has 0 aliphatic carbocycles. The molecule has 0 atom stereocenters. The van der Waals surface area contributed by atoms with E-state index in [1.54, 1.807) is 18.2 Å². The minimum Gasteiger partial charge on any atom is -0.504 e. The van der Waals surface area contributed by atoms with E-state index in [1.165, 1.54) is 16.5 Å². The summed E-state index contributed by atoms with van der Waals surface area (Å²) in [5.74, 6) is 0.0377. The summed E-state index contributed by atoms with van der Waals surface area (Å²) < 4.78 is 5.37. The maximum absolute atomic E-state index is 12.8. The molecule has 2 aromatic carbocycles. The Labute approximate surface area is 169 Å². The van der Waals surface area contributed by atoms with Crippen molar-refractivity contribution in [2.45, 2.75) is 33.1 Å². The maximum Gasteiger partial charge on any atom is 0.298 e. The second kappa shape index (κ2) is 8.97. The van der Waals surface area contributed by atoms with Crippen LogP contribution in [0.2, 0.25) is 0 Å². The molecule has 1 heterocycles. The highest BCUT2D eigenvalue weighted by Gasteiger charge is 2.36. The smallest absolute Gasteiger partial charge is 0.298 e. The average Bonchev–Trinajstić information content (AvgIpc) is 2.96. The van der Waals surface area contributed by atoms with E-state index >= 15 is 0 Å². The number of nitrogens with zero attached hydrogens (tertiary/aromatic N) is 1. The van der Waals surface area contributed by atoms with Gasteiger partial charge in [-0.25, -0.2) is 4.90 Å². The first-order chi connectivity index (χ1) is 13.5. The van der Waals surface area contributed by atoms with Crippen LogP contribution < -0.4 is 9.64 Å². The number of amides is 2. The van der Waals surface area contributed by atoms with Crippen molar-refractivity contribution in [1.82, 2.24) is 0 Å². The van der Waals surface area contributed by atoms with Gasteiger partial charge in [0.1, 0.15) is 0 Å². The van der Waals surface area contributed by atoms with Crippen molar-refractivity contribution in [3.63, 3.8) is 0 Å². The van der Waals surface area contributed by atoms with Crippen LogP contribution in [0.4, 0.5) is 10.5 Å². The van der Waals surface area contributed by atoms with Crippen molar-refractivity contribution < 1.29 is 19.4 Å². The highest BCUT2D eigenvalue weighted by molar-refractivity contribution is 8.19. The fourth-order valence-electron chi connectivity index (χ4n) is 2.93. The number of hydrogen-bond donors (Lipinski definition) is 1. The van der Waals surface area contributed by atoms with E-state index in [0.29, 0.717) is 28.5 Å². The molecule has 5 nitrogen and oxygen atoms in total. The number of phenols is 1. The molecule has 2 aromatic rings. The lowest BCUT2D eigenvalue weighted by Gasteiger charge is -2.13. The molecule has 2 amide bonds. The van der Waals surface area contributed by atoms with E-state index in [2.05, 4.69) is 6.92 Å². The molecule has 1 saturated heterocycles. The summed E-state index contributed by atoms with van der Waals surface area (Å²) >= 11 is 0.908. The van der Waals surface area contributed by atoms with Gasteiger partial charge in [-0.15, -0.1) is 0 Å². The van der Waals surface area contributed by atoms with E-state index in [4.69, 9.17) is 4.74 Å². The van der Waals surface area contributed by atoms with Gasteiger partial charge in [-0.1, -0.05) is 31.5 Å². The van der Waals surface area contributed by atoms with Crippen molar-refractivity contribution in [1.29, 1.82) is 0 Å². The summed E-state index contributed by atoms with van der Waals surface area (Å²) in [6.07, 6.45) is 4.86. The molecule has 0 unspecified atom stereocenters. The molecule has 0 radical (unpaired) electrons. The molecule has 146 valence electrons. The monoisotopic (exact) mass is 397 g/mol. The van der Waals surface area contributed by atoms with Crippen LogP contribution in [0.3, 0.4) is 0 Å². The van der Waals surface area contributed by atoms with Crippen LogP contribution in [0.5, 0.6) is 11.5 Å². The van der Waals surface area contributed by atoms with Gasteiger partial charge in [-0.2, -0.15) is 0 Å². The summed E-state index contributed by atoms with van der Waals surface area (Å²) in [4.78, 5) is 26.8. The highest BCUT2D eigenvalue weighted by Crippen LogP contribution is 2.37. The van der Waals surface area contributed by atoms with Crippen molar-refractivity contribution in [2.75, 3.05) is 11.5 Å². The van der Waals surface area contributed by atoms with Crippen molar-refractivity contribution in [3.05, 3.63) is 58.5 Å². The van der Waals surface area contributed by atoms with E-state index in [9.17, 15) is 14.7 Å². The van der Waals surface area contributed by atoms with Crippen LogP contribution in [0.15, 0.2) is 47.4 Å². The van der Waals surface area contributed by atoms with Gasteiger partial charge in [-0.3, -0.25) is 9.59 Å². The van der Waals surface area contributed by atoms with Gasteiger partial charge in [0.15, 0.2) is 11.5 Å². The van der Waals surface area contributed by atoms with Crippen molar-refractivity contribution in [2.24, 2.45) is 0 Å². The fraction of sp³-hybridized carbons (Fsp3) is 0.273. The normalized spacial score (nSPS) is 15.5. The number of phenolic OH excluding ortho intramolecular Hbond substituents is 1. The minimum atomic E-state index is -0.345. The van der Waals surface area contributed by atoms with E-state index in [1.807, 2.05) is 31.2 Å². The van der Waals surface area contributed by atoms with Crippen LogP contribution in [0, 0.1) is 0 Å². The number of carbonyl (C=O) groups is 2. The Morgan fingerprint density at radius 3 is 2.54 bits per heavy atom. The zero-order valence-electron chi connectivity index (χ0n) is 16.0.